The number of H-pyrrole nitrogens is 1. The molecule has 3 aromatic rings. The fraction of sp³-hybridized carbons (Fsp3) is 0.294. The monoisotopic (exact) mass is 360 g/mol. The molecule has 4 rings (SSSR count). The van der Waals surface area contributed by atoms with Gasteiger partial charge in [0.15, 0.2) is 0 Å². The molecule has 0 aliphatic carbocycles. The van der Waals surface area contributed by atoms with Crippen molar-refractivity contribution in [3.05, 3.63) is 56.5 Å². The van der Waals surface area contributed by atoms with Gasteiger partial charge in [0.25, 0.3) is 5.56 Å². The van der Waals surface area contributed by atoms with Crippen molar-refractivity contribution in [1.29, 1.82) is 0 Å². The van der Waals surface area contributed by atoms with E-state index in [1.54, 1.807) is 23.5 Å². The second kappa shape index (κ2) is 6.23. The number of hydrogen-bond acceptors (Lipinski definition) is 6. The molecule has 0 unspecified atom stereocenters. The molecule has 3 atom stereocenters. The zero-order chi connectivity index (χ0) is 17.6. The molecule has 0 bridgehead atoms. The standard InChI is InChI=1S/C17H16N2O5S/c20-8-13-12(21)7-15(24-13)19-11-4-3-9(14-2-1-5-25-14)6-10(11)16(22)18-17(19)23/h1-6,12-13,15,20-21H,7-8H2,(H,18,22,23)/t12-,13+,15+/m0/s1. The molecule has 0 saturated carbocycles. The number of aromatic nitrogens is 2. The lowest BCUT2D eigenvalue weighted by molar-refractivity contribution is -0.0443. The summed E-state index contributed by atoms with van der Waals surface area (Å²) in [6.07, 6.45) is -2.19. The van der Waals surface area contributed by atoms with Gasteiger partial charge in [-0.3, -0.25) is 14.3 Å². The van der Waals surface area contributed by atoms with Crippen molar-refractivity contribution >= 4 is 22.2 Å². The van der Waals surface area contributed by atoms with Gasteiger partial charge in [-0.25, -0.2) is 4.79 Å². The van der Waals surface area contributed by atoms with Gasteiger partial charge in [-0.1, -0.05) is 12.1 Å². The Labute approximate surface area is 145 Å². The van der Waals surface area contributed by atoms with Crippen molar-refractivity contribution in [2.75, 3.05) is 6.61 Å². The molecule has 25 heavy (non-hydrogen) atoms. The lowest BCUT2D eigenvalue weighted by Crippen LogP contribution is -2.33. The molecular formula is C17H16N2O5S. The summed E-state index contributed by atoms with van der Waals surface area (Å²) in [5.74, 6) is 0. The predicted molar refractivity (Wildman–Crippen MR) is 93.8 cm³/mol. The molecule has 3 N–H and O–H groups in total. The van der Waals surface area contributed by atoms with E-state index in [-0.39, 0.29) is 13.0 Å². The van der Waals surface area contributed by atoms with E-state index in [9.17, 15) is 19.8 Å². The van der Waals surface area contributed by atoms with Crippen LogP contribution in [-0.4, -0.2) is 38.6 Å². The number of fused-ring (bicyclic) bond motifs is 1. The number of rotatable bonds is 3. The maximum absolute atomic E-state index is 12.3. The normalized spacial score (nSPS) is 23.4. The van der Waals surface area contributed by atoms with E-state index in [1.807, 2.05) is 23.6 Å². The highest BCUT2D eigenvalue weighted by molar-refractivity contribution is 7.13. The summed E-state index contributed by atoms with van der Waals surface area (Å²) in [6.45, 7) is -0.337. The van der Waals surface area contributed by atoms with Gasteiger partial charge < -0.3 is 14.9 Å². The lowest BCUT2D eigenvalue weighted by atomic mass is 10.1. The van der Waals surface area contributed by atoms with Crippen molar-refractivity contribution in [2.24, 2.45) is 0 Å². The van der Waals surface area contributed by atoms with Crippen molar-refractivity contribution in [2.45, 2.75) is 24.9 Å². The van der Waals surface area contributed by atoms with E-state index >= 15 is 0 Å². The van der Waals surface area contributed by atoms with Gasteiger partial charge in [0.1, 0.15) is 12.3 Å². The Hall–Kier alpha value is -2.26. The quantitative estimate of drug-likeness (QED) is 0.648. The molecule has 8 heteroatoms. The van der Waals surface area contributed by atoms with Gasteiger partial charge >= 0.3 is 5.69 Å². The average Bonchev–Trinajstić information content (AvgIpc) is 3.24. The van der Waals surface area contributed by atoms with E-state index in [4.69, 9.17) is 4.74 Å². The lowest BCUT2D eigenvalue weighted by Gasteiger charge is -2.17. The van der Waals surface area contributed by atoms with Gasteiger partial charge in [-0.2, -0.15) is 0 Å². The number of benzene rings is 1. The number of hydrogen-bond donors (Lipinski definition) is 3. The third-order valence-corrected chi connectivity index (χ3v) is 5.34. The van der Waals surface area contributed by atoms with E-state index in [0.29, 0.717) is 10.9 Å². The maximum Gasteiger partial charge on any atom is 0.330 e. The summed E-state index contributed by atoms with van der Waals surface area (Å²) < 4.78 is 6.91. The number of aliphatic hydroxyl groups is 2. The smallest absolute Gasteiger partial charge is 0.330 e. The summed E-state index contributed by atoms with van der Waals surface area (Å²) in [7, 11) is 0. The van der Waals surface area contributed by atoms with Crippen LogP contribution in [0.1, 0.15) is 12.6 Å². The summed E-state index contributed by atoms with van der Waals surface area (Å²) in [4.78, 5) is 27.9. The zero-order valence-electron chi connectivity index (χ0n) is 13.1. The molecule has 0 radical (unpaired) electrons. The largest absolute Gasteiger partial charge is 0.394 e. The van der Waals surface area contributed by atoms with Gasteiger partial charge in [0, 0.05) is 11.3 Å². The Morgan fingerprint density at radius 1 is 1.32 bits per heavy atom. The minimum Gasteiger partial charge on any atom is -0.394 e. The minimum absolute atomic E-state index is 0.166. The summed E-state index contributed by atoms with van der Waals surface area (Å²) in [5.41, 5.74) is 0.257. The second-order valence-electron chi connectivity index (χ2n) is 5.95. The SMILES string of the molecule is O=c1[nH]c(=O)n([C@H]2C[C@H](O)[C@@H](CO)O2)c2ccc(-c3cccs3)cc12. The molecule has 1 aromatic carbocycles. The van der Waals surface area contributed by atoms with Crippen molar-refractivity contribution in [1.82, 2.24) is 9.55 Å². The molecule has 1 aliphatic heterocycles. The Morgan fingerprint density at radius 2 is 2.16 bits per heavy atom. The molecule has 0 amide bonds. The minimum atomic E-state index is -0.866. The highest BCUT2D eigenvalue weighted by atomic mass is 32.1. The first-order valence-corrected chi connectivity index (χ1v) is 8.73. The van der Waals surface area contributed by atoms with E-state index in [0.717, 1.165) is 10.4 Å². The second-order valence-corrected chi connectivity index (χ2v) is 6.90. The van der Waals surface area contributed by atoms with Crippen LogP contribution in [-0.2, 0) is 4.74 Å². The first kappa shape index (κ1) is 16.2. The van der Waals surface area contributed by atoms with Crippen LogP contribution in [0.25, 0.3) is 21.3 Å². The zero-order valence-corrected chi connectivity index (χ0v) is 13.9. The van der Waals surface area contributed by atoms with Gasteiger partial charge in [0.05, 0.1) is 23.6 Å². The predicted octanol–water partition coefficient (Wildman–Crippen LogP) is 1.06. The third-order valence-electron chi connectivity index (χ3n) is 4.42. The van der Waals surface area contributed by atoms with Crippen LogP contribution in [0.3, 0.4) is 0 Å². The van der Waals surface area contributed by atoms with Crippen LogP contribution >= 0.6 is 11.3 Å². The fourth-order valence-electron chi connectivity index (χ4n) is 3.18. The summed E-state index contributed by atoms with van der Waals surface area (Å²) in [6, 6.07) is 9.18. The molecule has 2 aromatic heterocycles. The highest BCUT2D eigenvalue weighted by Gasteiger charge is 2.35. The van der Waals surface area contributed by atoms with Crippen LogP contribution in [0, 0.1) is 0 Å². The molecule has 130 valence electrons. The van der Waals surface area contributed by atoms with Crippen LogP contribution in [0.15, 0.2) is 45.3 Å². The molecule has 1 fully saturated rings. The molecule has 3 heterocycles. The first-order valence-electron chi connectivity index (χ1n) is 7.85. The van der Waals surface area contributed by atoms with E-state index < -0.39 is 29.7 Å². The highest BCUT2D eigenvalue weighted by Crippen LogP contribution is 2.31. The van der Waals surface area contributed by atoms with Crippen LogP contribution < -0.4 is 11.2 Å². The van der Waals surface area contributed by atoms with Crippen LogP contribution in [0.2, 0.25) is 0 Å². The summed E-state index contributed by atoms with van der Waals surface area (Å²) >= 11 is 1.56. The van der Waals surface area contributed by atoms with Gasteiger partial charge in [0.2, 0.25) is 0 Å². The van der Waals surface area contributed by atoms with E-state index in [1.165, 1.54) is 4.57 Å². The maximum atomic E-state index is 12.3. The van der Waals surface area contributed by atoms with Gasteiger partial charge in [-0.15, -0.1) is 11.3 Å². The molecule has 1 aliphatic rings. The number of nitrogens with one attached hydrogen (secondary N) is 1. The number of aliphatic hydroxyl groups excluding tert-OH is 2. The molecule has 1 saturated heterocycles. The Balaban J connectivity index is 1.88. The number of thiophene rings is 1. The third kappa shape index (κ3) is 2.73. The van der Waals surface area contributed by atoms with Crippen molar-refractivity contribution in [3.8, 4) is 10.4 Å². The number of nitrogens with zero attached hydrogens (tertiary/aromatic N) is 1. The number of aromatic amines is 1. The topological polar surface area (TPSA) is 105 Å². The van der Waals surface area contributed by atoms with Gasteiger partial charge in [-0.05, 0) is 29.1 Å². The fourth-order valence-corrected chi connectivity index (χ4v) is 3.91. The summed E-state index contributed by atoms with van der Waals surface area (Å²) in [5, 5.41) is 21.5. The Kier molecular flexibility index (Phi) is 4.04. The van der Waals surface area contributed by atoms with Crippen LogP contribution in [0.5, 0.6) is 0 Å². The first-order chi connectivity index (χ1) is 12.1. The van der Waals surface area contributed by atoms with Crippen molar-refractivity contribution in [3.63, 3.8) is 0 Å². The molecule has 0 spiro atoms. The molecular weight excluding hydrogens is 344 g/mol. The average molecular weight is 360 g/mol. The van der Waals surface area contributed by atoms with Crippen molar-refractivity contribution < 1.29 is 14.9 Å². The Bertz CT molecular complexity index is 1020. The van der Waals surface area contributed by atoms with E-state index in [2.05, 4.69) is 4.98 Å². The Morgan fingerprint density at radius 3 is 2.84 bits per heavy atom. The van der Waals surface area contributed by atoms with Crippen LogP contribution in [0.4, 0.5) is 0 Å². The molecule has 7 nitrogen and oxygen atoms in total. The number of ether oxygens (including phenoxy) is 1.